The number of esters is 1. The van der Waals surface area contributed by atoms with Gasteiger partial charge in [0.15, 0.2) is 6.61 Å². The van der Waals surface area contributed by atoms with Gasteiger partial charge >= 0.3 is 5.97 Å². The van der Waals surface area contributed by atoms with E-state index in [-0.39, 0.29) is 5.56 Å². The maximum absolute atomic E-state index is 13.1. The fourth-order valence-corrected chi connectivity index (χ4v) is 4.13. The van der Waals surface area contributed by atoms with Gasteiger partial charge in [0.2, 0.25) is 0 Å². The molecule has 5 aromatic rings. The smallest absolute Gasteiger partial charge is 0.339 e. The molecule has 0 aliphatic rings. The number of rotatable bonds is 8. The number of fused-ring (bicyclic) bond motifs is 1. The van der Waals surface area contributed by atoms with Gasteiger partial charge in [0.05, 0.1) is 16.8 Å². The van der Waals surface area contributed by atoms with Crippen molar-refractivity contribution in [1.29, 1.82) is 0 Å². The lowest BCUT2D eigenvalue weighted by Crippen LogP contribution is -2.43. The third kappa shape index (κ3) is 7.06. The van der Waals surface area contributed by atoms with E-state index in [1.54, 1.807) is 36.4 Å². The molecule has 9 heteroatoms. The molecule has 0 aliphatic heterocycles. The van der Waals surface area contributed by atoms with Gasteiger partial charge in [-0.1, -0.05) is 60.1 Å². The second-order valence-corrected chi connectivity index (χ2v) is 9.39. The summed E-state index contributed by atoms with van der Waals surface area (Å²) in [6.45, 7) is -0.151. The van der Waals surface area contributed by atoms with Crippen molar-refractivity contribution in [2.75, 3.05) is 6.61 Å². The summed E-state index contributed by atoms with van der Waals surface area (Å²) in [6, 6.07) is 32.2. The normalized spacial score (nSPS) is 10.6. The van der Waals surface area contributed by atoms with Gasteiger partial charge in [-0.25, -0.2) is 9.78 Å². The molecular formula is C32H24ClN3O5. The molecule has 0 unspecified atom stereocenters. The lowest BCUT2D eigenvalue weighted by molar-refractivity contribution is -0.125. The molecule has 8 nitrogen and oxygen atoms in total. The summed E-state index contributed by atoms with van der Waals surface area (Å²) in [5.74, 6) is -1.24. The highest BCUT2D eigenvalue weighted by Gasteiger charge is 2.17. The molecule has 2 amide bonds. The average molecular weight is 566 g/mol. The largest absolute Gasteiger partial charge is 0.489 e. The van der Waals surface area contributed by atoms with Crippen LogP contribution in [-0.2, 0) is 16.1 Å². The quantitative estimate of drug-likeness (QED) is 0.183. The van der Waals surface area contributed by atoms with Crippen molar-refractivity contribution >= 4 is 40.3 Å². The SMILES string of the molecule is O=C(COC(=O)c1cc(-c2ccc(OCc3ccccc3)cc2)nc2ccccc12)NNC(=O)c1ccc(Cl)cc1. The van der Waals surface area contributed by atoms with Crippen LogP contribution in [0.25, 0.3) is 22.2 Å². The van der Waals surface area contributed by atoms with Crippen LogP contribution in [-0.4, -0.2) is 29.4 Å². The summed E-state index contributed by atoms with van der Waals surface area (Å²) < 4.78 is 11.1. The minimum atomic E-state index is -0.703. The van der Waals surface area contributed by atoms with Crippen molar-refractivity contribution in [3.05, 3.63) is 131 Å². The van der Waals surface area contributed by atoms with E-state index in [9.17, 15) is 14.4 Å². The molecule has 5 rings (SSSR count). The molecule has 1 heterocycles. The van der Waals surface area contributed by atoms with E-state index in [1.807, 2.05) is 60.7 Å². The molecule has 0 atom stereocenters. The van der Waals surface area contributed by atoms with Crippen LogP contribution >= 0.6 is 11.6 Å². The van der Waals surface area contributed by atoms with E-state index in [0.29, 0.717) is 39.5 Å². The Kier molecular flexibility index (Phi) is 8.52. The Bertz CT molecular complexity index is 1690. The van der Waals surface area contributed by atoms with Gasteiger partial charge in [-0.05, 0) is 66.2 Å². The molecule has 0 aliphatic carbocycles. The number of hydrazine groups is 1. The first kappa shape index (κ1) is 27.4. The third-order valence-electron chi connectivity index (χ3n) is 6.09. The van der Waals surface area contributed by atoms with Crippen LogP contribution in [0.5, 0.6) is 5.75 Å². The predicted octanol–water partition coefficient (Wildman–Crippen LogP) is 5.75. The standard InChI is InChI=1S/C32H24ClN3O5/c33-24-14-10-23(11-15-24)31(38)36-35-30(37)20-41-32(39)27-18-29(34-28-9-5-4-8-26(27)28)22-12-16-25(17-13-22)40-19-21-6-2-1-3-7-21/h1-18H,19-20H2,(H,35,37)(H,36,38). The van der Waals surface area contributed by atoms with E-state index < -0.39 is 24.4 Å². The highest BCUT2D eigenvalue weighted by Crippen LogP contribution is 2.27. The molecule has 41 heavy (non-hydrogen) atoms. The van der Waals surface area contributed by atoms with E-state index in [0.717, 1.165) is 11.1 Å². The Balaban J connectivity index is 1.25. The number of nitrogens with zero attached hydrogens (tertiary/aromatic N) is 1. The first-order valence-corrected chi connectivity index (χ1v) is 13.0. The monoisotopic (exact) mass is 565 g/mol. The number of para-hydroxylation sites is 1. The summed E-state index contributed by atoms with van der Waals surface area (Å²) in [5.41, 5.74) is 8.06. The molecule has 1 aromatic heterocycles. The van der Waals surface area contributed by atoms with Crippen LogP contribution in [0.1, 0.15) is 26.3 Å². The first-order valence-electron chi connectivity index (χ1n) is 12.6. The Morgan fingerprint density at radius 2 is 1.49 bits per heavy atom. The maximum Gasteiger partial charge on any atom is 0.339 e. The lowest BCUT2D eigenvalue weighted by Gasteiger charge is -2.11. The Labute approximate surface area is 240 Å². The molecule has 2 N–H and O–H groups in total. The van der Waals surface area contributed by atoms with Gasteiger partial charge in [-0.15, -0.1) is 0 Å². The van der Waals surface area contributed by atoms with Crippen LogP contribution in [0.2, 0.25) is 5.02 Å². The Hall–Kier alpha value is -5.21. The first-order chi connectivity index (χ1) is 20.0. The number of ether oxygens (including phenoxy) is 2. The minimum Gasteiger partial charge on any atom is -0.489 e. The van der Waals surface area contributed by atoms with Crippen molar-refractivity contribution in [1.82, 2.24) is 15.8 Å². The van der Waals surface area contributed by atoms with Gasteiger partial charge in [0, 0.05) is 21.5 Å². The van der Waals surface area contributed by atoms with Gasteiger partial charge < -0.3 is 9.47 Å². The Morgan fingerprint density at radius 3 is 2.24 bits per heavy atom. The molecule has 0 bridgehead atoms. The molecular weight excluding hydrogens is 542 g/mol. The molecule has 0 radical (unpaired) electrons. The highest BCUT2D eigenvalue weighted by atomic mass is 35.5. The van der Waals surface area contributed by atoms with Crippen molar-refractivity contribution in [3.63, 3.8) is 0 Å². The summed E-state index contributed by atoms with van der Waals surface area (Å²) in [6.07, 6.45) is 0. The van der Waals surface area contributed by atoms with Gasteiger partial charge in [-0.2, -0.15) is 0 Å². The number of amides is 2. The third-order valence-corrected chi connectivity index (χ3v) is 6.34. The van der Waals surface area contributed by atoms with Gasteiger partial charge in [-0.3, -0.25) is 20.4 Å². The molecule has 4 aromatic carbocycles. The van der Waals surface area contributed by atoms with Crippen molar-refractivity contribution in [2.45, 2.75) is 6.61 Å². The zero-order valence-corrected chi connectivity index (χ0v) is 22.4. The van der Waals surface area contributed by atoms with Gasteiger partial charge in [0.1, 0.15) is 12.4 Å². The van der Waals surface area contributed by atoms with Crippen LogP contribution in [0.4, 0.5) is 0 Å². The molecule has 0 saturated heterocycles. The van der Waals surface area contributed by atoms with E-state index in [2.05, 4.69) is 10.9 Å². The number of hydrogen-bond acceptors (Lipinski definition) is 6. The number of benzene rings is 4. The zero-order valence-electron chi connectivity index (χ0n) is 21.7. The summed E-state index contributed by atoms with van der Waals surface area (Å²) >= 11 is 5.82. The fraction of sp³-hybridized carbons (Fsp3) is 0.0625. The summed E-state index contributed by atoms with van der Waals surface area (Å²) in [5, 5.41) is 1.06. The zero-order chi connectivity index (χ0) is 28.6. The molecule has 0 saturated carbocycles. The van der Waals surface area contributed by atoms with E-state index in [4.69, 9.17) is 26.1 Å². The maximum atomic E-state index is 13.1. The average Bonchev–Trinajstić information content (AvgIpc) is 3.02. The Morgan fingerprint density at radius 1 is 0.780 bits per heavy atom. The number of carbonyl (C=O) groups excluding carboxylic acids is 3. The number of pyridine rings is 1. The number of halogens is 1. The second-order valence-electron chi connectivity index (χ2n) is 8.96. The highest BCUT2D eigenvalue weighted by molar-refractivity contribution is 6.30. The number of hydrogen-bond donors (Lipinski definition) is 2. The van der Waals surface area contributed by atoms with Crippen LogP contribution in [0.15, 0.2) is 109 Å². The van der Waals surface area contributed by atoms with Crippen molar-refractivity contribution < 1.29 is 23.9 Å². The fourth-order valence-electron chi connectivity index (χ4n) is 4.00. The number of aromatic nitrogens is 1. The second kappa shape index (κ2) is 12.8. The molecule has 204 valence electrons. The number of carbonyl (C=O) groups is 3. The minimum absolute atomic E-state index is 0.257. The lowest BCUT2D eigenvalue weighted by atomic mass is 10.0. The summed E-state index contributed by atoms with van der Waals surface area (Å²) in [7, 11) is 0. The topological polar surface area (TPSA) is 107 Å². The van der Waals surface area contributed by atoms with Crippen LogP contribution in [0, 0.1) is 0 Å². The van der Waals surface area contributed by atoms with E-state index >= 15 is 0 Å². The molecule has 0 spiro atoms. The predicted molar refractivity (Wildman–Crippen MR) is 155 cm³/mol. The summed E-state index contributed by atoms with van der Waals surface area (Å²) in [4.78, 5) is 42.2. The van der Waals surface area contributed by atoms with Crippen LogP contribution in [0.3, 0.4) is 0 Å². The van der Waals surface area contributed by atoms with Crippen molar-refractivity contribution in [3.8, 4) is 17.0 Å². The van der Waals surface area contributed by atoms with Crippen molar-refractivity contribution in [2.24, 2.45) is 0 Å². The molecule has 0 fully saturated rings. The van der Waals surface area contributed by atoms with Crippen LogP contribution < -0.4 is 15.6 Å². The number of nitrogens with one attached hydrogen (secondary N) is 2. The van der Waals surface area contributed by atoms with E-state index in [1.165, 1.54) is 12.1 Å². The van der Waals surface area contributed by atoms with Gasteiger partial charge in [0.25, 0.3) is 11.8 Å².